The van der Waals surface area contributed by atoms with Crippen molar-refractivity contribution in [2.45, 2.75) is 33.4 Å². The Kier molecular flexibility index (Phi) is 8.55. The van der Waals surface area contributed by atoms with Crippen LogP contribution in [0, 0.1) is 11.7 Å². The average molecular weight is 471 g/mol. The Morgan fingerprint density at radius 3 is 2.55 bits per heavy atom. The van der Waals surface area contributed by atoms with Gasteiger partial charge in [0.1, 0.15) is 12.4 Å². The Hall–Kier alpha value is -3.25. The molecule has 0 aliphatic carbocycles. The Morgan fingerprint density at radius 1 is 1.06 bits per heavy atom. The second-order valence-corrected chi connectivity index (χ2v) is 8.48. The van der Waals surface area contributed by atoms with E-state index in [1.165, 1.54) is 13.2 Å². The summed E-state index contributed by atoms with van der Waals surface area (Å²) >= 11 is 6.45. The largest absolute Gasteiger partial charge is 0.493 e. The first-order valence-corrected chi connectivity index (χ1v) is 11.1. The number of hydrogen-bond donors (Lipinski definition) is 2. The lowest BCUT2D eigenvalue weighted by molar-refractivity contribution is -0.116. The van der Waals surface area contributed by atoms with Gasteiger partial charge in [-0.05, 0) is 47.9 Å². The van der Waals surface area contributed by atoms with Crippen LogP contribution < -0.4 is 20.1 Å². The summed E-state index contributed by atoms with van der Waals surface area (Å²) in [6.07, 6.45) is 0.473. The van der Waals surface area contributed by atoms with Crippen LogP contribution in [0.15, 0.2) is 60.7 Å². The number of nitrogens with one attached hydrogen (secondary N) is 2. The van der Waals surface area contributed by atoms with E-state index in [9.17, 15) is 9.18 Å². The Labute approximate surface area is 198 Å². The first kappa shape index (κ1) is 24.4. The number of methoxy groups -OCH3 is 1. The van der Waals surface area contributed by atoms with Crippen LogP contribution >= 0.6 is 11.6 Å². The SMILES string of the molecule is COc1cc(CNc2cccc(NC(=O)CC(C)C)c2)cc(Cl)c1OCc1ccccc1F. The van der Waals surface area contributed by atoms with E-state index in [1.54, 1.807) is 24.3 Å². The van der Waals surface area contributed by atoms with Crippen LogP contribution in [-0.4, -0.2) is 13.0 Å². The van der Waals surface area contributed by atoms with Gasteiger partial charge in [0.05, 0.1) is 12.1 Å². The van der Waals surface area contributed by atoms with E-state index in [2.05, 4.69) is 10.6 Å². The molecule has 0 heterocycles. The van der Waals surface area contributed by atoms with Crippen molar-refractivity contribution < 1.29 is 18.7 Å². The zero-order valence-corrected chi connectivity index (χ0v) is 19.7. The first-order valence-electron chi connectivity index (χ1n) is 10.7. The number of halogens is 2. The molecule has 0 saturated carbocycles. The molecular formula is C26H28ClFN2O3. The van der Waals surface area contributed by atoms with Crippen LogP contribution in [0.1, 0.15) is 31.4 Å². The molecule has 3 aromatic rings. The van der Waals surface area contributed by atoms with Crippen molar-refractivity contribution in [2.75, 3.05) is 17.7 Å². The second-order valence-electron chi connectivity index (χ2n) is 8.07. The molecule has 0 saturated heterocycles. The van der Waals surface area contributed by atoms with Crippen LogP contribution in [0.4, 0.5) is 15.8 Å². The van der Waals surface area contributed by atoms with Gasteiger partial charge in [-0.25, -0.2) is 4.39 Å². The number of amides is 1. The maximum Gasteiger partial charge on any atom is 0.224 e. The minimum absolute atomic E-state index is 0.00959. The molecule has 0 spiro atoms. The van der Waals surface area contributed by atoms with Crippen molar-refractivity contribution in [3.05, 3.63) is 82.6 Å². The number of benzene rings is 3. The summed E-state index contributed by atoms with van der Waals surface area (Å²) in [5, 5.41) is 6.61. The number of anilines is 2. The highest BCUT2D eigenvalue weighted by molar-refractivity contribution is 6.32. The summed E-state index contributed by atoms with van der Waals surface area (Å²) < 4.78 is 25.1. The predicted octanol–water partition coefficient (Wildman–Crippen LogP) is 6.66. The molecule has 0 radical (unpaired) electrons. The molecule has 33 heavy (non-hydrogen) atoms. The van der Waals surface area contributed by atoms with E-state index in [0.29, 0.717) is 41.0 Å². The van der Waals surface area contributed by atoms with Crippen LogP contribution in [-0.2, 0) is 17.9 Å². The summed E-state index contributed by atoms with van der Waals surface area (Å²) in [5.74, 6) is 0.775. The van der Waals surface area contributed by atoms with E-state index >= 15 is 0 Å². The van der Waals surface area contributed by atoms with Crippen molar-refractivity contribution >= 4 is 28.9 Å². The molecule has 0 aliphatic rings. The average Bonchev–Trinajstić information content (AvgIpc) is 2.77. The molecule has 0 aromatic heterocycles. The van der Waals surface area contributed by atoms with E-state index in [1.807, 2.05) is 44.2 Å². The Bertz CT molecular complexity index is 1100. The number of hydrogen-bond acceptors (Lipinski definition) is 4. The fraction of sp³-hybridized carbons (Fsp3) is 0.269. The van der Waals surface area contributed by atoms with E-state index in [4.69, 9.17) is 21.1 Å². The maximum absolute atomic E-state index is 13.9. The molecule has 174 valence electrons. The number of carbonyl (C=O) groups is 1. The monoisotopic (exact) mass is 470 g/mol. The molecular weight excluding hydrogens is 443 g/mol. The topological polar surface area (TPSA) is 59.6 Å². The minimum atomic E-state index is -0.337. The van der Waals surface area contributed by atoms with E-state index in [-0.39, 0.29) is 18.3 Å². The highest BCUT2D eigenvalue weighted by atomic mass is 35.5. The van der Waals surface area contributed by atoms with Gasteiger partial charge >= 0.3 is 0 Å². The summed E-state index contributed by atoms with van der Waals surface area (Å²) in [6.45, 7) is 4.53. The molecule has 0 bridgehead atoms. The lowest BCUT2D eigenvalue weighted by Gasteiger charge is -2.15. The van der Waals surface area contributed by atoms with Gasteiger partial charge in [0.15, 0.2) is 11.5 Å². The predicted molar refractivity (Wildman–Crippen MR) is 131 cm³/mol. The van der Waals surface area contributed by atoms with Crippen molar-refractivity contribution in [1.29, 1.82) is 0 Å². The fourth-order valence-electron chi connectivity index (χ4n) is 3.27. The lowest BCUT2D eigenvalue weighted by atomic mass is 10.1. The van der Waals surface area contributed by atoms with Gasteiger partial charge in [0.25, 0.3) is 0 Å². The molecule has 0 unspecified atom stereocenters. The second kappa shape index (κ2) is 11.6. The minimum Gasteiger partial charge on any atom is -0.493 e. The van der Waals surface area contributed by atoms with Gasteiger partial charge in [-0.1, -0.05) is 49.7 Å². The van der Waals surface area contributed by atoms with Gasteiger partial charge in [0.2, 0.25) is 5.91 Å². The van der Waals surface area contributed by atoms with Crippen LogP contribution in [0.2, 0.25) is 5.02 Å². The molecule has 5 nitrogen and oxygen atoms in total. The Morgan fingerprint density at radius 2 is 1.82 bits per heavy atom. The quantitative estimate of drug-likeness (QED) is 0.347. The smallest absolute Gasteiger partial charge is 0.224 e. The zero-order valence-electron chi connectivity index (χ0n) is 19.0. The van der Waals surface area contributed by atoms with Crippen LogP contribution in [0.25, 0.3) is 0 Å². The lowest BCUT2D eigenvalue weighted by Crippen LogP contribution is -2.13. The van der Waals surface area contributed by atoms with Crippen molar-refractivity contribution in [2.24, 2.45) is 5.92 Å². The number of carbonyl (C=O) groups excluding carboxylic acids is 1. The maximum atomic E-state index is 13.9. The van der Waals surface area contributed by atoms with Crippen LogP contribution in [0.3, 0.4) is 0 Å². The zero-order chi connectivity index (χ0) is 23.8. The third-order valence-electron chi connectivity index (χ3n) is 4.86. The van der Waals surface area contributed by atoms with Crippen molar-refractivity contribution in [3.63, 3.8) is 0 Å². The van der Waals surface area contributed by atoms with Crippen LogP contribution in [0.5, 0.6) is 11.5 Å². The summed E-state index contributed by atoms with van der Waals surface area (Å²) in [4.78, 5) is 12.0. The molecule has 0 atom stereocenters. The molecule has 0 aliphatic heterocycles. The standard InChI is InChI=1S/C26H28ClFN2O3/c1-17(2)11-25(31)30-21-9-6-8-20(14-21)29-15-18-12-22(27)26(24(13-18)32-3)33-16-19-7-4-5-10-23(19)28/h4-10,12-14,17,29H,11,15-16H2,1-3H3,(H,30,31). The molecule has 7 heteroatoms. The molecule has 0 fully saturated rings. The summed E-state index contributed by atoms with van der Waals surface area (Å²) in [6, 6.07) is 17.6. The highest BCUT2D eigenvalue weighted by Gasteiger charge is 2.14. The van der Waals surface area contributed by atoms with Crippen molar-refractivity contribution in [3.8, 4) is 11.5 Å². The third-order valence-corrected chi connectivity index (χ3v) is 5.14. The normalized spacial score (nSPS) is 10.7. The number of ether oxygens (including phenoxy) is 2. The molecule has 2 N–H and O–H groups in total. The van der Waals surface area contributed by atoms with Gasteiger partial charge in [-0.2, -0.15) is 0 Å². The first-order chi connectivity index (χ1) is 15.9. The highest BCUT2D eigenvalue weighted by Crippen LogP contribution is 2.37. The fourth-order valence-corrected chi connectivity index (χ4v) is 3.56. The van der Waals surface area contributed by atoms with E-state index < -0.39 is 0 Å². The molecule has 1 amide bonds. The van der Waals surface area contributed by atoms with Gasteiger partial charge in [0, 0.05) is 29.9 Å². The van der Waals surface area contributed by atoms with Gasteiger partial charge in [-0.3, -0.25) is 4.79 Å². The Balaban J connectivity index is 1.66. The number of rotatable bonds is 10. The van der Waals surface area contributed by atoms with Gasteiger partial charge in [-0.15, -0.1) is 0 Å². The van der Waals surface area contributed by atoms with E-state index in [0.717, 1.165) is 16.9 Å². The summed E-state index contributed by atoms with van der Waals surface area (Å²) in [5.41, 5.74) is 2.90. The summed E-state index contributed by atoms with van der Waals surface area (Å²) in [7, 11) is 1.53. The van der Waals surface area contributed by atoms with Crippen molar-refractivity contribution in [1.82, 2.24) is 0 Å². The third kappa shape index (κ3) is 7.12. The molecule has 3 aromatic carbocycles. The molecule has 3 rings (SSSR count). The van der Waals surface area contributed by atoms with Gasteiger partial charge < -0.3 is 20.1 Å².